The van der Waals surface area contributed by atoms with Crippen molar-refractivity contribution >= 4 is 11.9 Å². The van der Waals surface area contributed by atoms with Crippen LogP contribution in [0.15, 0.2) is 72.9 Å². The molecule has 0 heterocycles. The lowest BCUT2D eigenvalue weighted by Gasteiger charge is -2.24. The highest BCUT2D eigenvalue weighted by Crippen LogP contribution is 2.18. The second kappa shape index (κ2) is 53.3. The number of hydrogen-bond donors (Lipinski definition) is 3. The van der Waals surface area contributed by atoms with Gasteiger partial charge >= 0.3 is 5.97 Å². The first-order valence-corrected chi connectivity index (χ1v) is 28.2. The van der Waals surface area contributed by atoms with Gasteiger partial charge in [-0.15, -0.1) is 0 Å². The maximum absolute atomic E-state index is 13.3. The van der Waals surface area contributed by atoms with Gasteiger partial charge in [-0.1, -0.05) is 248 Å². The number of hydrogen-bond acceptors (Lipinski definition) is 5. The third kappa shape index (κ3) is 47.8. The number of unbranched alkanes of at least 4 members (excludes halogenated alkanes) is 28. The number of ether oxygens (including phenoxy) is 1. The molecule has 382 valence electrons. The Morgan fingerprint density at radius 1 is 0.470 bits per heavy atom. The minimum Gasteiger partial charge on any atom is -0.462 e. The van der Waals surface area contributed by atoms with Gasteiger partial charge in [0.25, 0.3) is 0 Å². The van der Waals surface area contributed by atoms with E-state index in [0.717, 1.165) is 103 Å². The van der Waals surface area contributed by atoms with Crippen molar-refractivity contribution in [1.29, 1.82) is 0 Å². The monoisotopic (exact) mass is 922 g/mol. The second-order valence-corrected chi connectivity index (χ2v) is 19.0. The van der Waals surface area contributed by atoms with Crippen molar-refractivity contribution in [2.45, 2.75) is 289 Å². The topological polar surface area (TPSA) is 95.9 Å². The first kappa shape index (κ1) is 63.3. The van der Waals surface area contributed by atoms with Crippen LogP contribution in [0.3, 0.4) is 0 Å². The molecule has 0 saturated heterocycles. The Labute approximate surface area is 409 Å². The van der Waals surface area contributed by atoms with Crippen LogP contribution in [0.2, 0.25) is 0 Å². The van der Waals surface area contributed by atoms with Crippen LogP contribution in [0.1, 0.15) is 271 Å². The summed E-state index contributed by atoms with van der Waals surface area (Å²) in [4.78, 5) is 26.2. The molecular weight excluding hydrogens is 815 g/mol. The molecule has 3 N–H and O–H groups in total. The summed E-state index contributed by atoms with van der Waals surface area (Å²) in [6, 6.07) is -0.721. The van der Waals surface area contributed by atoms with E-state index in [-0.39, 0.29) is 24.9 Å². The Morgan fingerprint density at radius 3 is 1.38 bits per heavy atom. The van der Waals surface area contributed by atoms with Gasteiger partial charge in [-0.3, -0.25) is 9.59 Å². The number of allylic oxidation sites excluding steroid dienone is 12. The average Bonchev–Trinajstić information content (AvgIpc) is 3.31. The molecule has 0 aliphatic carbocycles. The van der Waals surface area contributed by atoms with E-state index in [1.54, 1.807) is 0 Å². The first-order chi connectivity index (χ1) is 32.5. The van der Waals surface area contributed by atoms with Crippen molar-refractivity contribution in [3.05, 3.63) is 72.9 Å². The van der Waals surface area contributed by atoms with E-state index in [0.29, 0.717) is 19.3 Å². The summed E-state index contributed by atoms with van der Waals surface area (Å²) in [5.41, 5.74) is 0. The molecule has 0 radical (unpaired) electrons. The Morgan fingerprint density at radius 2 is 0.879 bits per heavy atom. The summed E-state index contributed by atoms with van der Waals surface area (Å²) in [6.45, 7) is 6.36. The fourth-order valence-electron chi connectivity index (χ4n) is 8.33. The highest BCUT2D eigenvalue weighted by atomic mass is 16.5. The van der Waals surface area contributed by atoms with Crippen molar-refractivity contribution in [3.63, 3.8) is 0 Å². The average molecular weight is 923 g/mol. The van der Waals surface area contributed by atoms with E-state index in [1.165, 1.54) is 122 Å². The molecule has 0 aromatic heterocycles. The highest BCUT2D eigenvalue weighted by molar-refractivity contribution is 5.77. The SMILES string of the molecule is CC/C=C/C/C=C/C/C=C/CCCCCCC(=O)OC(CCCCC/C=C/C=C/C=C/CCCCCCC)CC(=O)NC(CO)C(O)CCCCCCCCCCCCCCCCCCC. The lowest BCUT2D eigenvalue weighted by Crippen LogP contribution is -2.46. The maximum atomic E-state index is 13.3. The van der Waals surface area contributed by atoms with Crippen molar-refractivity contribution < 1.29 is 24.5 Å². The highest BCUT2D eigenvalue weighted by Gasteiger charge is 2.24. The van der Waals surface area contributed by atoms with Gasteiger partial charge in [0.1, 0.15) is 6.10 Å². The molecule has 0 aromatic rings. The van der Waals surface area contributed by atoms with Gasteiger partial charge < -0.3 is 20.3 Å². The van der Waals surface area contributed by atoms with Crippen LogP contribution < -0.4 is 5.32 Å². The normalized spacial score (nSPS) is 13.7. The van der Waals surface area contributed by atoms with Crippen molar-refractivity contribution in [3.8, 4) is 0 Å². The third-order valence-electron chi connectivity index (χ3n) is 12.6. The molecule has 0 saturated carbocycles. The summed E-state index contributed by atoms with van der Waals surface area (Å²) in [5.74, 6) is -0.531. The number of rotatable bonds is 50. The molecule has 66 heavy (non-hydrogen) atoms. The Hall–Kier alpha value is -2.70. The van der Waals surface area contributed by atoms with Gasteiger partial charge in [0, 0.05) is 6.42 Å². The summed E-state index contributed by atoms with van der Waals surface area (Å²) < 4.78 is 5.93. The number of nitrogens with one attached hydrogen (secondary N) is 1. The molecule has 6 nitrogen and oxygen atoms in total. The van der Waals surface area contributed by atoms with Crippen LogP contribution in [0.4, 0.5) is 0 Å². The fraction of sp³-hybridized carbons (Fsp3) is 0.767. The van der Waals surface area contributed by atoms with Crippen LogP contribution in [0, 0.1) is 0 Å². The lowest BCUT2D eigenvalue weighted by molar-refractivity contribution is -0.151. The minimum atomic E-state index is -0.805. The fourth-order valence-corrected chi connectivity index (χ4v) is 8.33. The Bertz CT molecular complexity index is 1220. The van der Waals surface area contributed by atoms with E-state index in [9.17, 15) is 19.8 Å². The van der Waals surface area contributed by atoms with E-state index in [2.05, 4.69) is 99.0 Å². The molecule has 3 atom stereocenters. The number of aliphatic hydroxyl groups excluding tert-OH is 2. The van der Waals surface area contributed by atoms with Crippen LogP contribution in [-0.4, -0.2) is 46.9 Å². The Kier molecular flexibility index (Phi) is 51.1. The van der Waals surface area contributed by atoms with Crippen LogP contribution in [0.25, 0.3) is 0 Å². The molecule has 3 unspecified atom stereocenters. The molecule has 0 fully saturated rings. The van der Waals surface area contributed by atoms with E-state index >= 15 is 0 Å². The molecule has 0 aliphatic rings. The van der Waals surface area contributed by atoms with E-state index in [1.807, 2.05) is 0 Å². The van der Waals surface area contributed by atoms with Gasteiger partial charge in [0.2, 0.25) is 5.91 Å². The zero-order valence-electron chi connectivity index (χ0n) is 43.6. The number of esters is 1. The Balaban J connectivity index is 4.63. The quantitative estimate of drug-likeness (QED) is 0.0244. The van der Waals surface area contributed by atoms with Crippen molar-refractivity contribution in [2.75, 3.05) is 6.61 Å². The lowest BCUT2D eigenvalue weighted by atomic mass is 10.0. The third-order valence-corrected chi connectivity index (χ3v) is 12.6. The van der Waals surface area contributed by atoms with Crippen LogP contribution in [-0.2, 0) is 14.3 Å². The zero-order valence-corrected chi connectivity index (χ0v) is 43.6. The van der Waals surface area contributed by atoms with Gasteiger partial charge in [-0.25, -0.2) is 0 Å². The number of carbonyl (C=O) groups is 2. The van der Waals surface area contributed by atoms with Gasteiger partial charge in [0.05, 0.1) is 25.2 Å². The summed E-state index contributed by atoms with van der Waals surface area (Å²) in [6.07, 6.45) is 68.2. The molecule has 0 aromatic carbocycles. The predicted molar refractivity (Wildman–Crippen MR) is 287 cm³/mol. The molecule has 0 spiro atoms. The molecule has 1 amide bonds. The zero-order chi connectivity index (χ0) is 48.1. The number of aliphatic hydroxyl groups is 2. The molecular formula is C60H107NO5. The summed E-state index contributed by atoms with van der Waals surface area (Å²) in [7, 11) is 0. The van der Waals surface area contributed by atoms with Gasteiger partial charge in [-0.2, -0.15) is 0 Å². The smallest absolute Gasteiger partial charge is 0.306 e. The molecule has 0 rings (SSSR count). The van der Waals surface area contributed by atoms with Crippen LogP contribution in [0.5, 0.6) is 0 Å². The largest absolute Gasteiger partial charge is 0.462 e. The first-order valence-electron chi connectivity index (χ1n) is 28.2. The van der Waals surface area contributed by atoms with Gasteiger partial charge in [-0.05, 0) is 83.5 Å². The number of amides is 1. The van der Waals surface area contributed by atoms with Crippen LogP contribution >= 0.6 is 0 Å². The standard InChI is InChI=1S/C60H107NO5/c1-4-7-10-13-16-19-22-25-28-30-32-34-37-40-43-46-49-52-58(63)57(55-62)61-59(64)54-56(51-48-45-42-39-36-33-31-29-26-23-20-17-14-11-8-5-2)66-60(65)53-50-47-44-41-38-35-27-24-21-18-15-12-9-6-3/h9,12,18,21,23,26-27,29,31,33,35-36,56-58,62-63H,4-8,10-11,13-17,19-20,22,24-25,28,30,32,34,37-55H2,1-3H3,(H,61,64)/b12-9+,21-18+,26-23+,31-29+,35-27+,36-33+. The maximum Gasteiger partial charge on any atom is 0.306 e. The van der Waals surface area contributed by atoms with Crippen molar-refractivity contribution in [1.82, 2.24) is 5.32 Å². The molecule has 0 bridgehead atoms. The van der Waals surface area contributed by atoms with E-state index < -0.39 is 18.2 Å². The van der Waals surface area contributed by atoms with Gasteiger partial charge in [0.15, 0.2) is 0 Å². The molecule has 0 aliphatic heterocycles. The van der Waals surface area contributed by atoms with E-state index in [4.69, 9.17) is 4.74 Å². The van der Waals surface area contributed by atoms with Crippen molar-refractivity contribution in [2.24, 2.45) is 0 Å². The summed E-state index contributed by atoms with van der Waals surface area (Å²) in [5, 5.41) is 23.9. The predicted octanol–water partition coefficient (Wildman–Crippen LogP) is 17.3. The number of carbonyl (C=O) groups excluding carboxylic acids is 2. The molecule has 6 heteroatoms. The minimum absolute atomic E-state index is 0.0437. The summed E-state index contributed by atoms with van der Waals surface area (Å²) >= 11 is 0. The second-order valence-electron chi connectivity index (χ2n) is 19.0.